The first-order chi connectivity index (χ1) is 18.1. The van der Waals surface area contributed by atoms with Crippen molar-refractivity contribution in [3.63, 3.8) is 0 Å². The highest BCUT2D eigenvalue weighted by Gasteiger charge is 2.54. The lowest BCUT2D eigenvalue weighted by molar-refractivity contribution is -0.154. The summed E-state index contributed by atoms with van der Waals surface area (Å²) in [5.74, 6) is -0.270. The maximum atomic E-state index is 13.5. The Morgan fingerprint density at radius 2 is 1.89 bits per heavy atom. The SMILES string of the molecule is CC1(C)CC2(CCCN(C3CCN(C(=O)c4cc(-c5ccc(C#N)cc5)sc4NC(=O)O)CC3)C2)C(=O)O1. The van der Waals surface area contributed by atoms with Gasteiger partial charge < -0.3 is 14.7 Å². The van der Waals surface area contributed by atoms with E-state index in [9.17, 15) is 19.5 Å². The highest BCUT2D eigenvalue weighted by atomic mass is 32.1. The normalized spacial score (nSPS) is 23.7. The Morgan fingerprint density at radius 1 is 1.18 bits per heavy atom. The Labute approximate surface area is 226 Å². The second kappa shape index (κ2) is 10.0. The van der Waals surface area contributed by atoms with Crippen molar-refractivity contribution in [3.8, 4) is 16.5 Å². The summed E-state index contributed by atoms with van der Waals surface area (Å²) in [5, 5.41) is 21.1. The number of nitriles is 1. The first kappa shape index (κ1) is 26.2. The summed E-state index contributed by atoms with van der Waals surface area (Å²) in [6.45, 7) is 6.74. The van der Waals surface area contributed by atoms with E-state index in [1.165, 1.54) is 11.3 Å². The number of piperidine rings is 2. The fourth-order valence-electron chi connectivity index (χ4n) is 6.27. The molecule has 38 heavy (non-hydrogen) atoms. The summed E-state index contributed by atoms with van der Waals surface area (Å²) in [4.78, 5) is 42.7. The third kappa shape index (κ3) is 5.13. The molecule has 1 aromatic carbocycles. The molecule has 1 aromatic heterocycles. The van der Waals surface area contributed by atoms with Crippen molar-refractivity contribution in [2.45, 2.75) is 57.6 Å². The quantitative estimate of drug-likeness (QED) is 0.539. The molecule has 2 aromatic rings. The number of nitrogens with zero attached hydrogens (tertiary/aromatic N) is 3. The fraction of sp³-hybridized carbons (Fsp3) is 0.500. The lowest BCUT2D eigenvalue weighted by Crippen LogP contribution is -2.53. The van der Waals surface area contributed by atoms with Crippen LogP contribution in [0.25, 0.3) is 10.4 Å². The number of nitrogens with one attached hydrogen (secondary N) is 1. The Hall–Kier alpha value is -3.42. The van der Waals surface area contributed by atoms with E-state index in [0.717, 1.165) is 49.1 Å². The predicted octanol–water partition coefficient (Wildman–Crippen LogP) is 4.79. The molecule has 1 unspecified atom stereocenters. The van der Waals surface area contributed by atoms with Gasteiger partial charge in [0, 0.05) is 37.0 Å². The van der Waals surface area contributed by atoms with Gasteiger partial charge in [-0.1, -0.05) is 12.1 Å². The molecule has 1 atom stereocenters. The standard InChI is InChI=1S/C28H32N4O5S/c1-27(2)16-28(25(34)37-27)10-3-11-32(17-28)20-8-12-31(13-9-20)24(33)21-14-22(38-23(21)30-26(35)36)19-6-4-18(15-29)5-7-19/h4-7,14,20,30H,3,8-13,16-17H2,1-2H3,(H,35,36). The number of rotatable bonds is 4. The zero-order chi connectivity index (χ0) is 27.1. The molecule has 4 heterocycles. The number of hydrogen-bond acceptors (Lipinski definition) is 7. The van der Waals surface area contributed by atoms with Crippen molar-refractivity contribution in [2.75, 3.05) is 31.5 Å². The van der Waals surface area contributed by atoms with Gasteiger partial charge in [-0.05, 0) is 69.8 Å². The van der Waals surface area contributed by atoms with Crippen molar-refractivity contribution < 1.29 is 24.2 Å². The summed E-state index contributed by atoms with van der Waals surface area (Å²) in [5.41, 5.74) is 0.830. The topological polar surface area (TPSA) is 123 Å². The summed E-state index contributed by atoms with van der Waals surface area (Å²) >= 11 is 1.21. The molecule has 0 saturated carbocycles. The van der Waals surface area contributed by atoms with Gasteiger partial charge in [0.25, 0.3) is 5.91 Å². The summed E-state index contributed by atoms with van der Waals surface area (Å²) < 4.78 is 5.68. The number of ether oxygens (including phenoxy) is 1. The first-order valence-corrected chi connectivity index (χ1v) is 13.8. The van der Waals surface area contributed by atoms with E-state index in [-0.39, 0.29) is 11.9 Å². The third-order valence-electron chi connectivity index (χ3n) is 7.92. The van der Waals surface area contributed by atoms with Gasteiger partial charge in [0.1, 0.15) is 10.6 Å². The van der Waals surface area contributed by atoms with Crippen molar-refractivity contribution >= 4 is 34.3 Å². The molecule has 0 bridgehead atoms. The second-order valence-corrected chi connectivity index (χ2v) is 12.2. The number of esters is 1. The number of benzene rings is 1. The molecular formula is C28H32N4O5S. The van der Waals surface area contributed by atoms with Crippen molar-refractivity contribution in [3.05, 3.63) is 41.5 Å². The molecule has 10 heteroatoms. The maximum absolute atomic E-state index is 13.5. The largest absolute Gasteiger partial charge is 0.465 e. The minimum Gasteiger partial charge on any atom is -0.465 e. The van der Waals surface area contributed by atoms with Crippen LogP contribution in [0.4, 0.5) is 9.80 Å². The number of carboxylic acid groups (broad SMARTS) is 1. The fourth-order valence-corrected chi connectivity index (χ4v) is 7.31. The Morgan fingerprint density at radius 3 is 2.50 bits per heavy atom. The predicted molar refractivity (Wildman–Crippen MR) is 143 cm³/mol. The molecule has 0 aliphatic carbocycles. The van der Waals surface area contributed by atoms with E-state index >= 15 is 0 Å². The van der Waals surface area contributed by atoms with E-state index in [4.69, 9.17) is 10.00 Å². The van der Waals surface area contributed by atoms with E-state index < -0.39 is 17.1 Å². The Bertz CT molecular complexity index is 1290. The van der Waals surface area contributed by atoms with Crippen LogP contribution in [0.2, 0.25) is 0 Å². The van der Waals surface area contributed by atoms with Crippen molar-refractivity contribution in [2.24, 2.45) is 5.41 Å². The lowest BCUT2D eigenvalue weighted by Gasteiger charge is -2.44. The van der Waals surface area contributed by atoms with Crippen molar-refractivity contribution in [1.82, 2.24) is 9.80 Å². The van der Waals surface area contributed by atoms with Gasteiger partial charge in [-0.15, -0.1) is 11.3 Å². The number of anilines is 1. The first-order valence-electron chi connectivity index (χ1n) is 13.0. The lowest BCUT2D eigenvalue weighted by atomic mass is 9.74. The number of hydrogen-bond donors (Lipinski definition) is 2. The second-order valence-electron chi connectivity index (χ2n) is 11.2. The van der Waals surface area contributed by atoms with E-state index in [1.807, 2.05) is 13.8 Å². The summed E-state index contributed by atoms with van der Waals surface area (Å²) in [7, 11) is 0. The van der Waals surface area contributed by atoms with Crippen LogP contribution < -0.4 is 5.32 Å². The van der Waals surface area contributed by atoms with Gasteiger partial charge in [0.15, 0.2) is 0 Å². The van der Waals surface area contributed by atoms with Gasteiger partial charge in [-0.3, -0.25) is 19.8 Å². The van der Waals surface area contributed by atoms with E-state index in [0.29, 0.717) is 41.8 Å². The zero-order valence-electron chi connectivity index (χ0n) is 21.7. The van der Waals surface area contributed by atoms with Crippen LogP contribution in [0.15, 0.2) is 30.3 Å². The smallest absolute Gasteiger partial charge is 0.409 e. The van der Waals surface area contributed by atoms with Gasteiger partial charge in [-0.25, -0.2) is 4.79 Å². The van der Waals surface area contributed by atoms with Crippen LogP contribution in [-0.2, 0) is 9.53 Å². The highest BCUT2D eigenvalue weighted by molar-refractivity contribution is 7.20. The number of cyclic esters (lactones) is 1. The van der Waals surface area contributed by atoms with Crippen molar-refractivity contribution in [1.29, 1.82) is 5.26 Å². The van der Waals surface area contributed by atoms with Crippen LogP contribution in [-0.4, -0.2) is 70.7 Å². The Balaban J connectivity index is 1.27. The molecule has 1 spiro atoms. The monoisotopic (exact) mass is 536 g/mol. The summed E-state index contributed by atoms with van der Waals surface area (Å²) in [6, 6.07) is 11.1. The molecule has 3 fully saturated rings. The number of carbonyl (C=O) groups excluding carboxylic acids is 2. The van der Waals surface area contributed by atoms with Gasteiger partial charge in [0.2, 0.25) is 0 Å². The van der Waals surface area contributed by atoms with Crippen LogP contribution in [0.5, 0.6) is 0 Å². The molecule has 9 nitrogen and oxygen atoms in total. The number of thiophene rings is 1. The third-order valence-corrected chi connectivity index (χ3v) is 9.02. The average molecular weight is 537 g/mol. The number of likely N-dealkylation sites (tertiary alicyclic amines) is 2. The molecule has 200 valence electrons. The molecule has 5 rings (SSSR count). The molecular weight excluding hydrogens is 504 g/mol. The van der Waals surface area contributed by atoms with Crippen LogP contribution in [0, 0.1) is 16.7 Å². The minimum atomic E-state index is -1.22. The highest BCUT2D eigenvalue weighted by Crippen LogP contribution is 2.47. The molecule has 2 amide bonds. The Kier molecular flexibility index (Phi) is 6.92. The molecule has 0 radical (unpaired) electrons. The van der Waals surface area contributed by atoms with Crippen LogP contribution >= 0.6 is 11.3 Å². The molecule has 2 N–H and O–H groups in total. The number of carbonyl (C=O) groups is 3. The molecule has 3 aliphatic heterocycles. The van der Waals surface area contributed by atoms with Gasteiger partial charge in [-0.2, -0.15) is 5.26 Å². The zero-order valence-corrected chi connectivity index (χ0v) is 22.5. The minimum absolute atomic E-state index is 0.0752. The van der Waals surface area contributed by atoms with Gasteiger partial charge in [0.05, 0.1) is 22.6 Å². The van der Waals surface area contributed by atoms with Gasteiger partial charge >= 0.3 is 12.1 Å². The number of amides is 2. The summed E-state index contributed by atoms with van der Waals surface area (Å²) in [6.07, 6.45) is 2.94. The van der Waals surface area contributed by atoms with E-state index in [2.05, 4.69) is 16.3 Å². The molecule has 3 aliphatic rings. The van der Waals surface area contributed by atoms with Crippen LogP contribution in [0.3, 0.4) is 0 Å². The maximum Gasteiger partial charge on any atom is 0.409 e. The molecule has 3 saturated heterocycles. The average Bonchev–Trinajstić information content (AvgIpc) is 3.40. The van der Waals surface area contributed by atoms with E-state index in [1.54, 1.807) is 35.2 Å². The van der Waals surface area contributed by atoms with Crippen LogP contribution in [0.1, 0.15) is 61.9 Å².